The lowest BCUT2D eigenvalue weighted by Gasteiger charge is -2.44. The highest BCUT2D eigenvalue weighted by Crippen LogP contribution is 2.48. The van der Waals surface area contributed by atoms with Crippen molar-refractivity contribution in [3.8, 4) is 22.5 Å². The molecule has 0 saturated heterocycles. The Kier molecular flexibility index (Phi) is 16.9. The van der Waals surface area contributed by atoms with Gasteiger partial charge >= 0.3 is 5.97 Å². The third-order valence-corrected chi connectivity index (χ3v) is 14.7. The van der Waals surface area contributed by atoms with Gasteiger partial charge in [-0.2, -0.15) is 14.7 Å². The lowest BCUT2D eigenvalue weighted by molar-refractivity contribution is -0.185. The SMILES string of the molecule is C=C(OCC)c1c([C@@H]2CC[C@](OCCOC)(C(=O)O)C(CCOC)C2)nc2c(-c3ccc(-c4ccn(C)n4)nc3)cnn2c1N(COCC[Si](C)(C)C)COCC[Si](C)(C)C. The zero-order valence-corrected chi connectivity index (χ0v) is 40.2. The molecule has 61 heavy (non-hydrogen) atoms. The van der Waals surface area contributed by atoms with E-state index in [-0.39, 0.29) is 39.0 Å². The van der Waals surface area contributed by atoms with E-state index in [0.717, 1.165) is 40.3 Å². The summed E-state index contributed by atoms with van der Waals surface area (Å²) in [5, 5.41) is 20.4. The first-order chi connectivity index (χ1) is 29.0. The number of aryl methyl sites for hydroxylation is 1. The zero-order chi connectivity index (χ0) is 44.4. The van der Waals surface area contributed by atoms with E-state index in [1.807, 2.05) is 55.3 Å². The van der Waals surface area contributed by atoms with Gasteiger partial charge in [0.1, 0.15) is 30.7 Å². The topological polar surface area (TPSA) is 157 Å². The summed E-state index contributed by atoms with van der Waals surface area (Å²) in [5.41, 5.74) is 3.77. The fraction of sp³-hybridized carbons (Fsp3) is 0.614. The van der Waals surface area contributed by atoms with Gasteiger partial charge in [0.15, 0.2) is 11.2 Å². The van der Waals surface area contributed by atoms with E-state index in [2.05, 4.69) is 55.9 Å². The first-order valence-electron chi connectivity index (χ1n) is 21.5. The smallest absolute Gasteiger partial charge is 0.336 e. The molecule has 0 amide bonds. The summed E-state index contributed by atoms with van der Waals surface area (Å²) in [6, 6.07) is 7.91. The number of anilines is 1. The van der Waals surface area contributed by atoms with Gasteiger partial charge in [-0.1, -0.05) is 51.9 Å². The second-order valence-corrected chi connectivity index (χ2v) is 29.6. The molecule has 1 unspecified atom stereocenters. The maximum Gasteiger partial charge on any atom is 0.336 e. The Morgan fingerprint density at radius 1 is 0.951 bits per heavy atom. The fourth-order valence-electron chi connectivity index (χ4n) is 7.77. The van der Waals surface area contributed by atoms with Crippen molar-refractivity contribution in [3.05, 3.63) is 54.6 Å². The van der Waals surface area contributed by atoms with Crippen LogP contribution in [0.2, 0.25) is 51.4 Å². The minimum absolute atomic E-state index is 0.161. The number of carbonyl (C=O) groups is 1. The molecule has 0 aromatic carbocycles. The summed E-state index contributed by atoms with van der Waals surface area (Å²) in [6.07, 6.45) is 7.24. The summed E-state index contributed by atoms with van der Waals surface area (Å²) >= 11 is 0. The van der Waals surface area contributed by atoms with Crippen LogP contribution in [0.15, 0.2) is 43.4 Å². The predicted molar refractivity (Wildman–Crippen MR) is 244 cm³/mol. The Morgan fingerprint density at radius 2 is 1.64 bits per heavy atom. The van der Waals surface area contributed by atoms with Crippen molar-refractivity contribution >= 4 is 39.3 Å². The zero-order valence-electron chi connectivity index (χ0n) is 38.2. The van der Waals surface area contributed by atoms with Gasteiger partial charge in [-0.05, 0) is 56.8 Å². The predicted octanol–water partition coefficient (Wildman–Crippen LogP) is 8.04. The normalized spacial score (nSPS) is 18.5. The first-order valence-corrected chi connectivity index (χ1v) is 28.9. The lowest BCUT2D eigenvalue weighted by atomic mass is 9.68. The van der Waals surface area contributed by atoms with E-state index in [4.69, 9.17) is 43.5 Å². The van der Waals surface area contributed by atoms with Gasteiger partial charge in [-0.3, -0.25) is 9.67 Å². The van der Waals surface area contributed by atoms with Crippen molar-refractivity contribution in [2.45, 2.75) is 95.5 Å². The molecule has 15 nitrogen and oxygen atoms in total. The third-order valence-electron chi connectivity index (χ3n) is 11.2. The Labute approximate surface area is 363 Å². The Bertz CT molecular complexity index is 2020. The quantitative estimate of drug-likeness (QED) is 0.0296. The van der Waals surface area contributed by atoms with Gasteiger partial charge in [0.25, 0.3) is 0 Å². The molecule has 1 aliphatic rings. The molecule has 0 aliphatic heterocycles. The van der Waals surface area contributed by atoms with Crippen LogP contribution < -0.4 is 4.90 Å². The molecule has 1 fully saturated rings. The Morgan fingerprint density at radius 3 is 2.20 bits per heavy atom. The van der Waals surface area contributed by atoms with Crippen molar-refractivity contribution in [2.75, 3.05) is 72.2 Å². The highest BCUT2D eigenvalue weighted by Gasteiger charge is 2.51. The number of carboxylic acid groups (broad SMARTS) is 1. The summed E-state index contributed by atoms with van der Waals surface area (Å²) in [4.78, 5) is 25.6. The van der Waals surface area contributed by atoms with Gasteiger partial charge in [-0.25, -0.2) is 9.78 Å². The molecule has 3 atom stereocenters. The van der Waals surface area contributed by atoms with Crippen LogP contribution in [-0.2, 0) is 40.3 Å². The van der Waals surface area contributed by atoms with Gasteiger partial charge in [0, 0.05) is 92.6 Å². The van der Waals surface area contributed by atoms with E-state index in [1.54, 1.807) is 18.9 Å². The first kappa shape index (κ1) is 48.1. The molecule has 17 heteroatoms. The van der Waals surface area contributed by atoms with Crippen molar-refractivity contribution in [1.82, 2.24) is 29.4 Å². The molecule has 336 valence electrons. The number of nitrogens with zero attached hydrogens (tertiary/aromatic N) is 7. The van der Waals surface area contributed by atoms with E-state index in [9.17, 15) is 9.90 Å². The van der Waals surface area contributed by atoms with Crippen LogP contribution in [0.3, 0.4) is 0 Å². The fourth-order valence-corrected chi connectivity index (χ4v) is 9.28. The summed E-state index contributed by atoms with van der Waals surface area (Å²) in [6.45, 7) is 23.3. The van der Waals surface area contributed by atoms with E-state index in [0.29, 0.717) is 68.5 Å². The molecule has 1 N–H and O–H groups in total. The number of methoxy groups -OCH3 is 2. The van der Waals surface area contributed by atoms with Crippen LogP contribution in [0, 0.1) is 5.92 Å². The maximum absolute atomic E-state index is 13.2. The summed E-state index contributed by atoms with van der Waals surface area (Å²) < 4.78 is 39.9. The summed E-state index contributed by atoms with van der Waals surface area (Å²) in [5.74, 6) is -0.457. The number of ether oxygens (including phenoxy) is 6. The van der Waals surface area contributed by atoms with E-state index < -0.39 is 33.6 Å². The highest BCUT2D eigenvalue weighted by molar-refractivity contribution is 6.76. The van der Waals surface area contributed by atoms with Crippen molar-refractivity contribution < 1.29 is 38.3 Å². The van der Waals surface area contributed by atoms with Gasteiger partial charge in [-0.15, -0.1) is 0 Å². The molecule has 0 bridgehead atoms. The largest absolute Gasteiger partial charge is 0.494 e. The average Bonchev–Trinajstić information content (AvgIpc) is 3.84. The molecule has 0 spiro atoms. The number of hydrogen-bond acceptors (Lipinski definition) is 12. The van der Waals surface area contributed by atoms with E-state index in [1.165, 1.54) is 0 Å². The molecule has 4 aromatic heterocycles. The molecule has 0 radical (unpaired) electrons. The van der Waals surface area contributed by atoms with E-state index >= 15 is 0 Å². The molecule has 5 rings (SSSR count). The van der Waals surface area contributed by atoms with Gasteiger partial charge in [0.2, 0.25) is 0 Å². The minimum Gasteiger partial charge on any atom is -0.494 e. The molecular formula is C44H69N7O8Si2. The number of carboxylic acids is 1. The molecule has 1 saturated carbocycles. The number of pyridine rings is 1. The molecular weight excluding hydrogens is 811 g/mol. The summed E-state index contributed by atoms with van der Waals surface area (Å²) in [7, 11) is 2.31. The van der Waals surface area contributed by atoms with Crippen molar-refractivity contribution in [1.29, 1.82) is 0 Å². The second-order valence-electron chi connectivity index (χ2n) is 18.4. The number of fused-ring (bicyclic) bond motifs is 1. The van der Waals surface area contributed by atoms with Crippen LogP contribution in [0.1, 0.15) is 49.8 Å². The standard InChI is InChI=1S/C44H69N7O8Si2/c1-12-58-32(2)39-40(33-15-18-44(43(52)53,59-22-21-55-5)35(27-33)17-20-54-4)47-41-36(34-13-14-37(45-28-34)38-16-19-49(3)48-38)29-46-51(41)42(39)50(30-56-23-25-60(6,7)8)31-57-24-26-61(9,10)11/h13-14,16,19,28-29,33,35H,2,12,15,17-18,20-27,30-31H2,1,3-11H3,(H,52,53)/t33-,35?,44-/m1/s1. The van der Waals surface area contributed by atoms with Crippen molar-refractivity contribution in [2.24, 2.45) is 13.0 Å². The Balaban J connectivity index is 1.71. The third kappa shape index (κ3) is 12.4. The maximum atomic E-state index is 13.2. The number of aromatic nitrogens is 6. The highest BCUT2D eigenvalue weighted by atomic mass is 28.3. The van der Waals surface area contributed by atoms with Crippen LogP contribution >= 0.6 is 0 Å². The molecule has 1 aliphatic carbocycles. The number of hydrogen-bond donors (Lipinski definition) is 1. The van der Waals surface area contributed by atoms with Crippen LogP contribution in [-0.4, -0.2) is 130 Å². The molecule has 4 aromatic rings. The van der Waals surface area contributed by atoms with Crippen LogP contribution in [0.4, 0.5) is 5.82 Å². The van der Waals surface area contributed by atoms with Crippen LogP contribution in [0.25, 0.3) is 33.9 Å². The monoisotopic (exact) mass is 879 g/mol. The molecule has 4 heterocycles. The van der Waals surface area contributed by atoms with Crippen LogP contribution in [0.5, 0.6) is 0 Å². The lowest BCUT2D eigenvalue weighted by Crippen LogP contribution is -2.52. The Hall–Kier alpha value is -3.98. The average molecular weight is 880 g/mol. The number of rotatable bonds is 25. The van der Waals surface area contributed by atoms with Gasteiger partial charge in [0.05, 0.1) is 43.0 Å². The number of aliphatic carboxylic acids is 1. The van der Waals surface area contributed by atoms with Crippen molar-refractivity contribution in [3.63, 3.8) is 0 Å². The minimum atomic E-state index is -1.42. The second kappa shape index (κ2) is 21.4. The van der Waals surface area contributed by atoms with Gasteiger partial charge < -0.3 is 38.4 Å².